The van der Waals surface area contributed by atoms with Crippen LogP contribution in [0.15, 0.2) is 12.1 Å². The second-order valence-electron chi connectivity index (χ2n) is 4.67. The van der Waals surface area contributed by atoms with E-state index in [0.29, 0.717) is 18.0 Å². The second kappa shape index (κ2) is 6.59. The highest BCUT2D eigenvalue weighted by Gasteiger charge is 2.19. The highest BCUT2D eigenvalue weighted by Crippen LogP contribution is 2.38. The molecule has 0 fully saturated rings. The van der Waals surface area contributed by atoms with Gasteiger partial charge in [-0.3, -0.25) is 0 Å². The number of ether oxygens (including phenoxy) is 2. The Labute approximate surface area is 108 Å². The van der Waals surface area contributed by atoms with Crippen molar-refractivity contribution >= 4 is 0 Å². The molecular formula is C14H22FNO2. The number of benzene rings is 1. The van der Waals surface area contributed by atoms with E-state index in [1.54, 1.807) is 0 Å². The third kappa shape index (κ3) is 3.60. The number of nitrogens with two attached hydrogens (primary N) is 1. The Hall–Kier alpha value is -1.29. The summed E-state index contributed by atoms with van der Waals surface area (Å²) in [6, 6.07) is 2.84. The van der Waals surface area contributed by atoms with E-state index in [1.165, 1.54) is 19.2 Å². The summed E-state index contributed by atoms with van der Waals surface area (Å²) in [5.74, 6) is 0.868. The fourth-order valence-corrected chi connectivity index (χ4v) is 1.87. The van der Waals surface area contributed by atoms with Gasteiger partial charge in [-0.2, -0.15) is 0 Å². The standard InChI is InChI=1S/C14H22FNO2/c1-9(2)18-14-12(10(3)5-6-16)7-11(15)8-13(14)17-4/h7-10H,5-6,16H2,1-4H3. The van der Waals surface area contributed by atoms with Gasteiger partial charge in [0.1, 0.15) is 5.82 Å². The van der Waals surface area contributed by atoms with Crippen molar-refractivity contribution in [3.8, 4) is 11.5 Å². The number of rotatable bonds is 6. The minimum atomic E-state index is -0.318. The molecule has 1 unspecified atom stereocenters. The lowest BCUT2D eigenvalue weighted by molar-refractivity contribution is 0.225. The summed E-state index contributed by atoms with van der Waals surface area (Å²) in [6.07, 6.45) is 0.786. The van der Waals surface area contributed by atoms with Crippen LogP contribution in [0.2, 0.25) is 0 Å². The number of halogens is 1. The molecule has 0 aliphatic carbocycles. The van der Waals surface area contributed by atoms with Crippen LogP contribution < -0.4 is 15.2 Å². The highest BCUT2D eigenvalue weighted by molar-refractivity contribution is 5.48. The van der Waals surface area contributed by atoms with E-state index < -0.39 is 0 Å². The Morgan fingerprint density at radius 3 is 2.44 bits per heavy atom. The van der Waals surface area contributed by atoms with Crippen molar-refractivity contribution in [1.29, 1.82) is 0 Å². The van der Waals surface area contributed by atoms with Gasteiger partial charge in [-0.25, -0.2) is 4.39 Å². The molecule has 18 heavy (non-hydrogen) atoms. The van der Waals surface area contributed by atoms with Crippen molar-refractivity contribution in [3.63, 3.8) is 0 Å². The quantitative estimate of drug-likeness (QED) is 0.849. The zero-order valence-corrected chi connectivity index (χ0v) is 11.5. The van der Waals surface area contributed by atoms with Crippen molar-refractivity contribution in [2.45, 2.75) is 39.2 Å². The molecule has 1 aromatic carbocycles. The Kier molecular flexibility index (Phi) is 5.41. The third-order valence-electron chi connectivity index (χ3n) is 2.75. The first-order valence-corrected chi connectivity index (χ1v) is 6.23. The summed E-state index contributed by atoms with van der Waals surface area (Å²) in [6.45, 7) is 6.43. The fraction of sp³-hybridized carbons (Fsp3) is 0.571. The molecule has 102 valence electrons. The van der Waals surface area contributed by atoms with E-state index >= 15 is 0 Å². The molecule has 2 N–H and O–H groups in total. The molecule has 0 bridgehead atoms. The molecule has 0 aromatic heterocycles. The summed E-state index contributed by atoms with van der Waals surface area (Å²) < 4.78 is 24.5. The van der Waals surface area contributed by atoms with Crippen LogP contribution in [-0.4, -0.2) is 19.8 Å². The van der Waals surface area contributed by atoms with Crippen molar-refractivity contribution in [2.75, 3.05) is 13.7 Å². The van der Waals surface area contributed by atoms with Crippen LogP contribution in [0.1, 0.15) is 38.7 Å². The van der Waals surface area contributed by atoms with Crippen LogP contribution in [-0.2, 0) is 0 Å². The van der Waals surface area contributed by atoms with E-state index in [-0.39, 0.29) is 17.8 Å². The van der Waals surface area contributed by atoms with Gasteiger partial charge in [-0.05, 0) is 38.8 Å². The molecule has 0 aliphatic rings. The molecule has 1 atom stereocenters. The lowest BCUT2D eigenvalue weighted by Crippen LogP contribution is -2.12. The molecule has 0 amide bonds. The molecule has 0 heterocycles. The topological polar surface area (TPSA) is 44.5 Å². The molecular weight excluding hydrogens is 233 g/mol. The zero-order valence-electron chi connectivity index (χ0n) is 11.5. The van der Waals surface area contributed by atoms with E-state index in [4.69, 9.17) is 15.2 Å². The SMILES string of the molecule is COc1cc(F)cc(C(C)CCN)c1OC(C)C. The van der Waals surface area contributed by atoms with Gasteiger partial charge < -0.3 is 15.2 Å². The predicted octanol–water partition coefficient (Wildman–Crippen LogP) is 3.07. The smallest absolute Gasteiger partial charge is 0.165 e. The normalized spacial score (nSPS) is 12.6. The molecule has 0 aliphatic heterocycles. The lowest BCUT2D eigenvalue weighted by atomic mass is 9.96. The molecule has 4 heteroatoms. The minimum absolute atomic E-state index is 0.00758. The van der Waals surface area contributed by atoms with Gasteiger partial charge in [0.05, 0.1) is 13.2 Å². The van der Waals surface area contributed by atoms with Gasteiger partial charge in [-0.15, -0.1) is 0 Å². The van der Waals surface area contributed by atoms with Crippen molar-refractivity contribution in [2.24, 2.45) is 5.73 Å². The molecule has 0 saturated carbocycles. The first kappa shape index (κ1) is 14.8. The molecule has 1 aromatic rings. The monoisotopic (exact) mass is 255 g/mol. The van der Waals surface area contributed by atoms with E-state index in [0.717, 1.165) is 12.0 Å². The Morgan fingerprint density at radius 2 is 1.94 bits per heavy atom. The van der Waals surface area contributed by atoms with Crippen LogP contribution in [0.5, 0.6) is 11.5 Å². The van der Waals surface area contributed by atoms with Crippen molar-refractivity contribution in [1.82, 2.24) is 0 Å². The Morgan fingerprint density at radius 1 is 1.28 bits per heavy atom. The summed E-state index contributed by atoms with van der Waals surface area (Å²) >= 11 is 0. The van der Waals surface area contributed by atoms with Gasteiger partial charge >= 0.3 is 0 Å². The van der Waals surface area contributed by atoms with Crippen LogP contribution in [0.25, 0.3) is 0 Å². The van der Waals surface area contributed by atoms with Gasteiger partial charge in [-0.1, -0.05) is 6.92 Å². The summed E-state index contributed by atoms with van der Waals surface area (Å²) in [5.41, 5.74) is 6.37. The van der Waals surface area contributed by atoms with Gasteiger partial charge in [0.15, 0.2) is 11.5 Å². The summed E-state index contributed by atoms with van der Waals surface area (Å²) in [5, 5.41) is 0. The zero-order chi connectivity index (χ0) is 13.7. The predicted molar refractivity (Wildman–Crippen MR) is 70.8 cm³/mol. The van der Waals surface area contributed by atoms with Crippen LogP contribution >= 0.6 is 0 Å². The maximum Gasteiger partial charge on any atom is 0.165 e. The average molecular weight is 255 g/mol. The number of hydrogen-bond donors (Lipinski definition) is 1. The number of hydrogen-bond acceptors (Lipinski definition) is 3. The fourth-order valence-electron chi connectivity index (χ4n) is 1.87. The van der Waals surface area contributed by atoms with Gasteiger partial charge in [0, 0.05) is 11.6 Å². The Bertz CT molecular complexity index is 394. The first-order valence-electron chi connectivity index (χ1n) is 6.23. The van der Waals surface area contributed by atoms with Crippen LogP contribution in [0.3, 0.4) is 0 Å². The highest BCUT2D eigenvalue weighted by atomic mass is 19.1. The van der Waals surface area contributed by atoms with Crippen molar-refractivity contribution < 1.29 is 13.9 Å². The molecule has 1 rings (SSSR count). The van der Waals surface area contributed by atoms with E-state index in [1.807, 2.05) is 20.8 Å². The number of methoxy groups -OCH3 is 1. The van der Waals surface area contributed by atoms with E-state index in [2.05, 4.69) is 0 Å². The molecule has 0 radical (unpaired) electrons. The summed E-state index contributed by atoms with van der Waals surface area (Å²) in [4.78, 5) is 0. The maximum atomic E-state index is 13.6. The van der Waals surface area contributed by atoms with Crippen LogP contribution in [0, 0.1) is 5.82 Å². The molecule has 0 saturated heterocycles. The van der Waals surface area contributed by atoms with E-state index in [9.17, 15) is 4.39 Å². The van der Waals surface area contributed by atoms with Crippen LogP contribution in [0.4, 0.5) is 4.39 Å². The van der Waals surface area contributed by atoms with Crippen molar-refractivity contribution in [3.05, 3.63) is 23.5 Å². The first-order chi connectivity index (χ1) is 8.49. The largest absolute Gasteiger partial charge is 0.493 e. The Balaban J connectivity index is 3.22. The second-order valence-corrected chi connectivity index (χ2v) is 4.67. The maximum absolute atomic E-state index is 13.6. The minimum Gasteiger partial charge on any atom is -0.493 e. The third-order valence-corrected chi connectivity index (χ3v) is 2.75. The molecule has 3 nitrogen and oxygen atoms in total. The molecule has 0 spiro atoms. The average Bonchev–Trinajstić information content (AvgIpc) is 2.30. The summed E-state index contributed by atoms with van der Waals surface area (Å²) in [7, 11) is 1.51. The van der Waals surface area contributed by atoms with Gasteiger partial charge in [0.25, 0.3) is 0 Å². The van der Waals surface area contributed by atoms with Gasteiger partial charge in [0.2, 0.25) is 0 Å². The lowest BCUT2D eigenvalue weighted by Gasteiger charge is -2.21.